The van der Waals surface area contributed by atoms with E-state index in [-0.39, 0.29) is 0 Å². The molecule has 0 saturated heterocycles. The molecule has 74 valence electrons. The first-order valence-corrected chi connectivity index (χ1v) is 5.00. The number of alkyl halides is 2. The second kappa shape index (κ2) is 3.64. The van der Waals surface area contributed by atoms with Gasteiger partial charge in [-0.1, -0.05) is 13.8 Å². The second-order valence-electron chi connectivity index (χ2n) is 2.91. The predicted molar refractivity (Wildman–Crippen MR) is 39.3 cm³/mol. The molecule has 0 aliphatic carbocycles. The van der Waals surface area contributed by atoms with Crippen LogP contribution in [0.1, 0.15) is 20.3 Å². The lowest BCUT2D eigenvalue weighted by Gasteiger charge is -2.18. The Hall–Kier alpha value is -0.260. The van der Waals surface area contributed by atoms with Gasteiger partial charge in [0.05, 0.1) is 5.75 Å². The Morgan fingerprint density at radius 3 is 2.00 bits per heavy atom. The molecule has 0 amide bonds. The summed E-state index contributed by atoms with van der Waals surface area (Å²) < 4.78 is 56.9. The molecule has 0 unspecified atom stereocenters. The van der Waals surface area contributed by atoms with Crippen LogP contribution in [0.4, 0.5) is 12.7 Å². The fourth-order valence-corrected chi connectivity index (χ4v) is 1.06. The minimum atomic E-state index is -4.77. The van der Waals surface area contributed by atoms with E-state index in [9.17, 15) is 21.1 Å². The van der Waals surface area contributed by atoms with E-state index in [1.54, 1.807) is 0 Å². The Labute approximate surface area is 70.0 Å². The topological polar surface area (TPSA) is 34.1 Å². The Morgan fingerprint density at radius 2 is 1.75 bits per heavy atom. The van der Waals surface area contributed by atoms with Gasteiger partial charge in [0.1, 0.15) is 0 Å². The normalized spacial score (nSPS) is 13.8. The number of hydrogen-bond donors (Lipinski definition) is 0. The van der Waals surface area contributed by atoms with Crippen LogP contribution in [0.15, 0.2) is 0 Å². The second-order valence-corrected chi connectivity index (χ2v) is 4.39. The minimum absolute atomic E-state index is 0.955. The quantitative estimate of drug-likeness (QED) is 0.656. The molecule has 0 aliphatic heterocycles. The average Bonchev–Trinajstić information content (AvgIpc) is 1.82. The molecular weight excluding hydrogens is 193 g/mol. The van der Waals surface area contributed by atoms with Crippen LogP contribution in [0.25, 0.3) is 0 Å². The molecule has 0 aromatic carbocycles. The highest BCUT2D eigenvalue weighted by Crippen LogP contribution is 2.28. The molecular formula is C6H11F3O2S. The molecule has 12 heavy (non-hydrogen) atoms. The van der Waals surface area contributed by atoms with Crippen LogP contribution in [0, 0.1) is 5.92 Å². The van der Waals surface area contributed by atoms with E-state index in [4.69, 9.17) is 0 Å². The van der Waals surface area contributed by atoms with E-state index < -0.39 is 34.2 Å². The van der Waals surface area contributed by atoms with E-state index in [0.717, 1.165) is 0 Å². The summed E-state index contributed by atoms with van der Waals surface area (Å²) in [6.07, 6.45) is -0.955. The van der Waals surface area contributed by atoms with Crippen molar-refractivity contribution in [3.8, 4) is 0 Å². The number of hydrogen-bond acceptors (Lipinski definition) is 2. The molecule has 0 bridgehead atoms. The van der Waals surface area contributed by atoms with Crippen molar-refractivity contribution in [1.82, 2.24) is 0 Å². The van der Waals surface area contributed by atoms with Crippen LogP contribution in [0.5, 0.6) is 0 Å². The lowest BCUT2D eigenvalue weighted by molar-refractivity contribution is -0.0472. The van der Waals surface area contributed by atoms with Crippen LogP contribution in [-0.2, 0) is 10.2 Å². The zero-order chi connectivity index (χ0) is 9.99. The van der Waals surface area contributed by atoms with Crippen molar-refractivity contribution in [2.75, 3.05) is 5.75 Å². The highest BCUT2D eigenvalue weighted by Gasteiger charge is 2.34. The summed E-state index contributed by atoms with van der Waals surface area (Å²) in [5, 5.41) is 0. The van der Waals surface area contributed by atoms with Crippen LogP contribution >= 0.6 is 0 Å². The van der Waals surface area contributed by atoms with Gasteiger partial charge in [-0.2, -0.15) is 8.42 Å². The number of rotatable bonds is 4. The van der Waals surface area contributed by atoms with E-state index in [2.05, 4.69) is 0 Å². The van der Waals surface area contributed by atoms with Gasteiger partial charge in [0.25, 0.3) is 5.92 Å². The lowest BCUT2D eigenvalue weighted by Crippen LogP contribution is -2.26. The summed E-state index contributed by atoms with van der Waals surface area (Å²) in [6.45, 7) is 2.51. The van der Waals surface area contributed by atoms with Crippen LogP contribution < -0.4 is 0 Å². The highest BCUT2D eigenvalue weighted by atomic mass is 32.3. The maximum Gasteiger partial charge on any atom is 0.302 e. The molecule has 0 spiro atoms. The largest absolute Gasteiger partial charge is 0.302 e. The first-order valence-electron chi connectivity index (χ1n) is 3.45. The van der Waals surface area contributed by atoms with Crippen molar-refractivity contribution in [3.63, 3.8) is 0 Å². The zero-order valence-electron chi connectivity index (χ0n) is 6.85. The standard InChI is InChI=1S/C6H11F3O2S/c1-5(2)6(7,8)3-4-12(9,10)11/h5H,3-4H2,1-2H3. The van der Waals surface area contributed by atoms with Crippen molar-refractivity contribution >= 4 is 10.2 Å². The zero-order valence-corrected chi connectivity index (χ0v) is 7.67. The third kappa shape index (κ3) is 4.58. The smallest absolute Gasteiger partial charge is 0.207 e. The molecule has 0 aliphatic rings. The average molecular weight is 204 g/mol. The predicted octanol–water partition coefficient (Wildman–Crippen LogP) is 1.97. The summed E-state index contributed by atoms with van der Waals surface area (Å²) in [6, 6.07) is 0. The third-order valence-electron chi connectivity index (χ3n) is 1.52. The van der Waals surface area contributed by atoms with Crippen LogP contribution in [0.3, 0.4) is 0 Å². The van der Waals surface area contributed by atoms with Gasteiger partial charge in [-0.15, -0.1) is 3.89 Å². The van der Waals surface area contributed by atoms with Crippen molar-refractivity contribution in [1.29, 1.82) is 0 Å². The Balaban J connectivity index is 4.10. The molecule has 2 nitrogen and oxygen atoms in total. The molecule has 0 radical (unpaired) electrons. The van der Waals surface area contributed by atoms with Gasteiger partial charge in [-0.25, -0.2) is 8.78 Å². The fraction of sp³-hybridized carbons (Fsp3) is 1.00. The molecule has 0 saturated carbocycles. The molecule has 0 atom stereocenters. The van der Waals surface area contributed by atoms with Gasteiger partial charge in [-0.05, 0) is 0 Å². The van der Waals surface area contributed by atoms with Gasteiger partial charge in [0, 0.05) is 12.3 Å². The summed E-state index contributed by atoms with van der Waals surface area (Å²) >= 11 is 0. The van der Waals surface area contributed by atoms with Crippen LogP contribution in [-0.4, -0.2) is 20.1 Å². The molecule has 0 rings (SSSR count). The summed E-state index contributed by atoms with van der Waals surface area (Å²) in [5.41, 5.74) is 0. The van der Waals surface area contributed by atoms with Gasteiger partial charge in [-0.3, -0.25) is 0 Å². The van der Waals surface area contributed by atoms with E-state index in [1.165, 1.54) is 13.8 Å². The molecule has 0 heterocycles. The van der Waals surface area contributed by atoms with E-state index >= 15 is 0 Å². The first-order chi connectivity index (χ1) is 5.15. The SMILES string of the molecule is CC(C)C(F)(F)CCS(=O)(=O)F. The van der Waals surface area contributed by atoms with Gasteiger partial charge < -0.3 is 0 Å². The first kappa shape index (κ1) is 11.7. The summed E-state index contributed by atoms with van der Waals surface area (Å²) in [7, 11) is -4.77. The van der Waals surface area contributed by atoms with Crippen molar-refractivity contribution < 1.29 is 21.1 Å². The highest BCUT2D eigenvalue weighted by molar-refractivity contribution is 7.86. The van der Waals surface area contributed by atoms with Crippen molar-refractivity contribution in [3.05, 3.63) is 0 Å². The molecule has 0 N–H and O–H groups in total. The Kier molecular flexibility index (Phi) is 3.56. The molecule has 0 fully saturated rings. The van der Waals surface area contributed by atoms with Gasteiger partial charge in [0.15, 0.2) is 0 Å². The monoisotopic (exact) mass is 204 g/mol. The molecule has 0 aromatic rings. The van der Waals surface area contributed by atoms with E-state index in [1.807, 2.05) is 0 Å². The van der Waals surface area contributed by atoms with Gasteiger partial charge in [0.2, 0.25) is 0 Å². The maximum absolute atomic E-state index is 12.6. The number of halogens is 3. The van der Waals surface area contributed by atoms with Crippen molar-refractivity contribution in [2.24, 2.45) is 5.92 Å². The minimum Gasteiger partial charge on any atom is -0.207 e. The summed E-state index contributed by atoms with van der Waals surface area (Å²) in [4.78, 5) is 0. The van der Waals surface area contributed by atoms with Crippen molar-refractivity contribution in [2.45, 2.75) is 26.2 Å². The Bertz CT molecular complexity index is 233. The maximum atomic E-state index is 12.6. The third-order valence-corrected chi connectivity index (χ3v) is 2.22. The van der Waals surface area contributed by atoms with Gasteiger partial charge >= 0.3 is 10.2 Å². The van der Waals surface area contributed by atoms with Crippen LogP contribution in [0.2, 0.25) is 0 Å². The summed E-state index contributed by atoms with van der Waals surface area (Å²) in [5.74, 6) is -5.20. The Morgan fingerprint density at radius 1 is 1.33 bits per heavy atom. The molecule has 6 heteroatoms. The molecule has 0 aromatic heterocycles. The fourth-order valence-electron chi connectivity index (χ4n) is 0.547. The lowest BCUT2D eigenvalue weighted by atomic mass is 10.0. The van der Waals surface area contributed by atoms with E-state index in [0.29, 0.717) is 0 Å².